The number of fused-ring (bicyclic) bond motifs is 6. The van der Waals surface area contributed by atoms with Gasteiger partial charge in [-0.1, -0.05) is 72.8 Å². The van der Waals surface area contributed by atoms with Gasteiger partial charge in [0.25, 0.3) is 0 Å². The van der Waals surface area contributed by atoms with Crippen molar-refractivity contribution in [1.29, 1.82) is 0 Å². The van der Waals surface area contributed by atoms with Crippen LogP contribution >= 0.6 is 36.1 Å². The summed E-state index contributed by atoms with van der Waals surface area (Å²) >= 11 is 2.23. The van der Waals surface area contributed by atoms with Gasteiger partial charge in [-0.15, -0.1) is 10.2 Å². The highest BCUT2D eigenvalue weighted by molar-refractivity contribution is 14.1. The molecule has 9 aliphatic rings. The van der Waals surface area contributed by atoms with Crippen LogP contribution in [0.5, 0.6) is 0 Å². The van der Waals surface area contributed by atoms with E-state index in [-0.39, 0.29) is 78.7 Å². The summed E-state index contributed by atoms with van der Waals surface area (Å²) in [5.41, 5.74) is 15.0. The van der Waals surface area contributed by atoms with Crippen LogP contribution in [0.15, 0.2) is 91.4 Å². The van der Waals surface area contributed by atoms with E-state index in [2.05, 4.69) is 119 Å². The number of nitrogens with two attached hydrogens (primary N) is 1. The number of amides is 4. The van der Waals surface area contributed by atoms with E-state index >= 15 is 0 Å². The first kappa shape index (κ1) is 99.4. The largest absolute Gasteiger partial charge is 0.480 e. The van der Waals surface area contributed by atoms with Crippen LogP contribution in [-0.4, -0.2) is 221 Å². The van der Waals surface area contributed by atoms with Crippen molar-refractivity contribution in [3.8, 4) is 0 Å². The predicted molar refractivity (Wildman–Crippen MR) is 523 cm³/mol. The smallest absolute Gasteiger partial charge is 0.408 e. The number of carbonyl (C=O) groups is 6. The van der Waals surface area contributed by atoms with E-state index in [0.29, 0.717) is 47.2 Å². The summed E-state index contributed by atoms with van der Waals surface area (Å²) in [7, 11) is 5.12. The Morgan fingerprint density at radius 3 is 1.06 bits per heavy atom. The SMILES string of the molecule is CC(C)(C)OC(=O)N[C@@H]1c2ccccc2CC12CCN(c1cnc3c(I)nn(C4CCCCO4)c3n1)CC2.CN[C@@H](C)C(=O)O.C[C@@H](C(=O)O)N(C)c1nn(C2CCCCO2)c2nc(N3CCC4(CC3)Cc3ccccc3[C@H]4NC(=O)OC(C)(C)C)cnc12.C[C@@H](C(N)=O)N(C)c1nn(C2CCCCO2)c2nc(N3CCC4(CC3)Cc3ccccc3[C@H]4NC(=O)OC(C)(C)C)cnc12.S. The molecule has 6 saturated heterocycles. The molecule has 4 amide bonds. The summed E-state index contributed by atoms with van der Waals surface area (Å²) < 4.78 is 41.5. The molecule has 3 aliphatic carbocycles. The van der Waals surface area contributed by atoms with Crippen molar-refractivity contribution in [3.05, 3.63) is 128 Å². The fourth-order valence-electron chi connectivity index (χ4n) is 20.0. The van der Waals surface area contributed by atoms with Crippen LogP contribution in [0.3, 0.4) is 0 Å². The molecule has 134 heavy (non-hydrogen) atoms. The number of halogens is 1. The first-order valence-corrected chi connectivity index (χ1v) is 48.0. The van der Waals surface area contributed by atoms with Gasteiger partial charge in [0, 0.05) is 89.4 Å². The molecule has 38 heteroatoms. The fourth-order valence-corrected chi connectivity index (χ4v) is 20.7. The van der Waals surface area contributed by atoms with Crippen molar-refractivity contribution in [2.45, 2.75) is 270 Å². The number of nitrogens with zero attached hydrogens (tertiary/aromatic N) is 17. The van der Waals surface area contributed by atoms with E-state index in [4.69, 9.17) is 84.5 Å². The lowest BCUT2D eigenvalue weighted by molar-refractivity contribution is -0.139. The maximum absolute atomic E-state index is 12.9. The maximum Gasteiger partial charge on any atom is 0.408 e. The number of nitrogens with one attached hydrogen (secondary N) is 4. The van der Waals surface area contributed by atoms with Crippen molar-refractivity contribution >= 4 is 135 Å². The molecule has 0 saturated carbocycles. The minimum Gasteiger partial charge on any atom is -0.480 e. The second kappa shape index (κ2) is 41.2. The molecule has 6 fully saturated rings. The Bertz CT molecular complexity index is 5450. The van der Waals surface area contributed by atoms with Gasteiger partial charge in [0.1, 0.15) is 57.9 Å². The number of anilines is 5. The van der Waals surface area contributed by atoms with Crippen LogP contribution in [0, 0.1) is 19.9 Å². The van der Waals surface area contributed by atoms with Crippen molar-refractivity contribution < 1.29 is 67.4 Å². The van der Waals surface area contributed by atoms with E-state index in [9.17, 15) is 33.9 Å². The Hall–Kier alpha value is -10.6. The molecule has 8 N–H and O–H groups in total. The molecule has 18 rings (SSSR count). The van der Waals surface area contributed by atoms with Gasteiger partial charge in [0.15, 0.2) is 62.0 Å². The number of aliphatic carboxylic acids is 2. The number of hydrogen-bond donors (Lipinski definition) is 7. The third-order valence-corrected chi connectivity index (χ3v) is 28.3. The lowest BCUT2D eigenvalue weighted by atomic mass is 9.72. The number of rotatable bonds is 17. The number of carbonyl (C=O) groups excluding carboxylic acids is 4. The summed E-state index contributed by atoms with van der Waals surface area (Å²) in [6, 6.07) is 23.1. The Morgan fingerprint density at radius 1 is 0.470 bits per heavy atom. The molecule has 3 unspecified atom stereocenters. The summed E-state index contributed by atoms with van der Waals surface area (Å²) in [5, 5.41) is 44.4. The van der Waals surface area contributed by atoms with Crippen LogP contribution in [0.4, 0.5) is 43.5 Å². The number of aromatic nitrogens is 12. The monoisotopic (exact) mass is 1980 g/mol. The molecule has 6 aliphatic heterocycles. The predicted octanol–water partition coefficient (Wildman–Crippen LogP) is 14.4. The summed E-state index contributed by atoms with van der Waals surface area (Å²) in [6.45, 7) is 28.7. The zero-order chi connectivity index (χ0) is 94.8. The van der Waals surface area contributed by atoms with Crippen molar-refractivity contribution in [1.82, 2.24) is 80.5 Å². The van der Waals surface area contributed by atoms with E-state index in [1.54, 1.807) is 68.8 Å². The summed E-state index contributed by atoms with van der Waals surface area (Å²) in [5.74, 6) is 1.22. The average molecular weight is 1980 g/mol. The number of carboxylic acids is 2. The zero-order valence-corrected chi connectivity index (χ0v) is 83.0. The van der Waals surface area contributed by atoms with Crippen molar-refractivity contribution in [3.63, 3.8) is 0 Å². The fraction of sp³-hybridized carbons (Fsp3) is 0.594. The molecular weight excluding hydrogens is 1840 g/mol. The standard InChI is InChI=1S/C32H44N8O4.C32H43N7O5.C28H35IN6O3.C4H9NO2.H2S/c1-20(27(33)41)38(5)29-25-28(40(37-29)24-12-8-9-17-43-24)35-23(19-34-25)39-15-13-32(14-16-39)18-21-10-6-7-11-22(21)26(32)36-30(42)44-31(2,3)4;1-20(29(40)41)37(5)28-25-27(39(36-28)24-12-8-9-17-43-24)34-23(19-33-25)38-15-13-32(14-16-38)18-21-10-6-7-11-22(21)26(32)35-30(42)44-31(2,3)4;1-27(2,3)38-26(36)32-23-19-9-5-4-8-18(19)16-28(23)11-13-34(14-12-28)20-17-30-22-24(29)33-35(25(22)31-20)21-10-6-7-15-37-21;1-3(5-2)4(6)7;/h6-7,10-11,19-20,24,26H,8-9,12-18H2,1-5H3,(H2,33,41)(H,36,42);6-7,10-11,19-20,24,26H,8-9,12-18H2,1-5H3,(H,35,42)(H,40,41);4-5,8-9,17,21,23H,6-7,10-16H2,1-3H3,(H,32,36);3,5H,1-2H3,(H,6,7);1H2/t2*20-,24?,26+;21?,23-;3-;/m0010./s1. The molecule has 9 atom stereocenters. The van der Waals surface area contributed by atoms with Gasteiger partial charge >= 0.3 is 30.2 Å². The number of alkyl carbamates (subject to hydrolysis) is 3. The van der Waals surface area contributed by atoms with E-state index in [1.165, 1.54) is 27.8 Å². The molecule has 724 valence electrons. The second-order valence-corrected chi connectivity index (χ2v) is 41.0. The Morgan fingerprint density at radius 2 is 0.776 bits per heavy atom. The highest BCUT2D eigenvalue weighted by Crippen LogP contribution is 2.56. The number of piperidine rings is 3. The van der Waals surface area contributed by atoms with Gasteiger partial charge in [-0.3, -0.25) is 9.59 Å². The van der Waals surface area contributed by atoms with Gasteiger partial charge in [-0.2, -0.15) is 18.6 Å². The minimum atomic E-state index is -0.940. The Kier molecular flexibility index (Phi) is 30.5. The summed E-state index contributed by atoms with van der Waals surface area (Å²) in [6.07, 6.45) is 20.6. The molecule has 3 spiro atoms. The number of carboxylic acid groups (broad SMARTS) is 2. The highest BCUT2D eigenvalue weighted by atomic mass is 127. The zero-order valence-electron chi connectivity index (χ0n) is 79.8. The van der Waals surface area contributed by atoms with E-state index in [1.807, 2.05) is 90.0 Å². The first-order chi connectivity index (χ1) is 63.3. The highest BCUT2D eigenvalue weighted by Gasteiger charge is 2.53. The van der Waals surface area contributed by atoms with Crippen molar-refractivity contribution in [2.24, 2.45) is 22.0 Å². The maximum atomic E-state index is 12.9. The Balaban J connectivity index is 0.000000155. The molecule has 3 aromatic carbocycles. The van der Waals surface area contributed by atoms with Gasteiger partial charge in [-0.05, 0) is 262 Å². The first-order valence-electron chi connectivity index (χ1n) is 46.9. The number of likely N-dealkylation sites (N-methyl/N-ethyl adjacent to an activating group) is 3. The molecule has 0 radical (unpaired) electrons. The lowest BCUT2D eigenvalue weighted by Gasteiger charge is -2.43. The van der Waals surface area contributed by atoms with E-state index in [0.717, 1.165) is 199 Å². The Labute approximate surface area is 803 Å². The minimum absolute atomic E-state index is 0. The number of hydrogen-bond acceptors (Lipinski definition) is 27. The number of benzene rings is 3. The van der Waals surface area contributed by atoms with Crippen LogP contribution in [-0.2, 0) is 62.1 Å². The molecule has 6 aromatic heterocycles. The van der Waals surface area contributed by atoms with E-state index < -0.39 is 58.9 Å². The quantitative estimate of drug-likeness (QED) is 0.0329. The second-order valence-electron chi connectivity index (χ2n) is 40.0. The third kappa shape index (κ3) is 21.9. The molecule has 12 heterocycles. The van der Waals surface area contributed by atoms with Gasteiger partial charge in [-0.25, -0.2) is 63.1 Å². The van der Waals surface area contributed by atoms with Crippen LogP contribution in [0.25, 0.3) is 33.5 Å². The van der Waals surface area contributed by atoms with Crippen molar-refractivity contribution in [2.75, 3.05) is 105 Å². The van der Waals surface area contributed by atoms with Crippen LogP contribution < -0.4 is 51.5 Å². The van der Waals surface area contributed by atoms with Gasteiger partial charge < -0.3 is 90.1 Å². The molecular formula is C96H133IN22O14S. The third-order valence-electron chi connectivity index (χ3n) is 27.6. The normalized spacial score (nSPS) is 21.7. The summed E-state index contributed by atoms with van der Waals surface area (Å²) in [4.78, 5) is 112. The molecule has 9 aromatic rings. The molecule has 0 bridgehead atoms. The van der Waals surface area contributed by atoms with Gasteiger partial charge in [0.2, 0.25) is 5.91 Å². The number of ether oxygens (including phenoxy) is 6. The topological polar surface area (TPSA) is 419 Å². The molecule has 36 nitrogen and oxygen atoms in total. The lowest BCUT2D eigenvalue weighted by Crippen LogP contribution is -2.48. The van der Waals surface area contributed by atoms with Crippen LogP contribution in [0.1, 0.15) is 250 Å². The number of primary amides is 1. The average Bonchev–Trinajstić information content (AvgIpc) is 1.59. The van der Waals surface area contributed by atoms with Gasteiger partial charge in [0.05, 0.1) is 36.7 Å². The van der Waals surface area contributed by atoms with Crippen LogP contribution in [0.2, 0.25) is 0 Å².